The molecule has 0 aromatic heterocycles. The average Bonchev–Trinajstić information content (AvgIpc) is 2.63. The molecule has 0 saturated carbocycles. The second-order valence-electron chi connectivity index (χ2n) is 5.35. The Bertz CT molecular complexity index is 586. The fourth-order valence-corrected chi connectivity index (χ4v) is 1.17. The first-order valence-electron chi connectivity index (χ1n) is 7.58. The van der Waals surface area contributed by atoms with Crippen molar-refractivity contribution in [2.24, 2.45) is 0 Å². The van der Waals surface area contributed by atoms with Gasteiger partial charge in [-0.05, 0) is 13.8 Å². The second-order valence-corrected chi connectivity index (χ2v) is 5.35. The molecule has 0 heterocycles. The van der Waals surface area contributed by atoms with E-state index in [1.807, 2.05) is 0 Å². The molecular formula is C16H23NO10. The second kappa shape index (κ2) is 12.6. The minimum Gasteiger partial charge on any atom is -0.459 e. The van der Waals surface area contributed by atoms with E-state index >= 15 is 0 Å². The summed E-state index contributed by atoms with van der Waals surface area (Å²) in [5, 5.41) is 18.6. The van der Waals surface area contributed by atoms with Gasteiger partial charge in [-0.3, -0.25) is 0 Å². The van der Waals surface area contributed by atoms with Crippen LogP contribution in [0.1, 0.15) is 13.8 Å². The summed E-state index contributed by atoms with van der Waals surface area (Å²) in [6.45, 7) is 6.89. The number of carbonyl (C=O) groups excluding carboxylic acids is 4. The predicted octanol–water partition coefficient (Wildman–Crippen LogP) is -1.16. The van der Waals surface area contributed by atoms with Gasteiger partial charge in [0.15, 0.2) is 0 Å². The number of nitrogens with zero attached hydrogens (tertiary/aromatic N) is 1. The lowest BCUT2D eigenvalue weighted by atomic mass is 10.3. The van der Waals surface area contributed by atoms with Crippen molar-refractivity contribution in [3.05, 3.63) is 24.3 Å². The van der Waals surface area contributed by atoms with E-state index < -0.39 is 63.4 Å². The van der Waals surface area contributed by atoms with Gasteiger partial charge in [-0.15, -0.1) is 0 Å². The summed E-state index contributed by atoms with van der Waals surface area (Å²) in [7, 11) is 0. The van der Waals surface area contributed by atoms with Crippen molar-refractivity contribution in [2.45, 2.75) is 20.0 Å². The molecule has 11 nitrogen and oxygen atoms in total. The Balaban J connectivity index is 4.17. The van der Waals surface area contributed by atoms with Gasteiger partial charge in [-0.2, -0.15) is 0 Å². The van der Waals surface area contributed by atoms with Crippen LogP contribution < -0.4 is 0 Å². The Labute approximate surface area is 155 Å². The molecule has 0 rings (SSSR count). The molecule has 152 valence electrons. The van der Waals surface area contributed by atoms with E-state index in [1.165, 1.54) is 13.8 Å². The van der Waals surface area contributed by atoms with Crippen molar-refractivity contribution in [1.82, 2.24) is 4.90 Å². The zero-order valence-electron chi connectivity index (χ0n) is 15.1. The van der Waals surface area contributed by atoms with Gasteiger partial charge in [-0.1, -0.05) is 13.2 Å². The van der Waals surface area contributed by atoms with E-state index in [1.54, 1.807) is 0 Å². The number of carbonyl (C=O) groups is 4. The first-order valence-corrected chi connectivity index (χ1v) is 7.58. The number of hydrogen-bond acceptors (Lipinski definition) is 11. The standard InChI is InChI=1S/C16H23NO10/c1-10(2)13(20)24-5-12(19)6-25-15(22)16(23)27-9-17(7-18)8-26-14(21)11(3)4/h12,18-19H,1,3,5-9H2,2,4H3. The van der Waals surface area contributed by atoms with Crippen LogP contribution in [0, 0.1) is 0 Å². The molecule has 1 atom stereocenters. The molecule has 0 aliphatic heterocycles. The molecule has 0 bridgehead atoms. The minimum atomic E-state index is -1.41. The van der Waals surface area contributed by atoms with Gasteiger partial charge in [0.25, 0.3) is 0 Å². The van der Waals surface area contributed by atoms with Crippen LogP contribution in [0.25, 0.3) is 0 Å². The highest BCUT2D eigenvalue weighted by molar-refractivity contribution is 6.29. The highest BCUT2D eigenvalue weighted by Gasteiger charge is 2.21. The van der Waals surface area contributed by atoms with Crippen molar-refractivity contribution >= 4 is 23.9 Å². The molecule has 0 aromatic rings. The van der Waals surface area contributed by atoms with E-state index in [4.69, 9.17) is 9.84 Å². The van der Waals surface area contributed by atoms with Crippen molar-refractivity contribution < 1.29 is 48.3 Å². The first-order chi connectivity index (χ1) is 12.6. The Morgan fingerprint density at radius 2 is 1.19 bits per heavy atom. The van der Waals surface area contributed by atoms with Crippen LogP contribution in [-0.2, 0) is 38.1 Å². The van der Waals surface area contributed by atoms with Gasteiger partial charge in [-0.25, -0.2) is 24.1 Å². The highest BCUT2D eigenvalue weighted by Crippen LogP contribution is 1.98. The Morgan fingerprint density at radius 3 is 1.63 bits per heavy atom. The maximum atomic E-state index is 11.5. The predicted molar refractivity (Wildman–Crippen MR) is 88.4 cm³/mol. The molecule has 11 heteroatoms. The number of esters is 4. The number of hydrogen-bond donors (Lipinski definition) is 2. The van der Waals surface area contributed by atoms with E-state index in [0.29, 0.717) is 0 Å². The van der Waals surface area contributed by atoms with Gasteiger partial charge in [0.2, 0.25) is 0 Å². The van der Waals surface area contributed by atoms with Crippen molar-refractivity contribution in [3.63, 3.8) is 0 Å². The highest BCUT2D eigenvalue weighted by atomic mass is 16.6. The van der Waals surface area contributed by atoms with Crippen LogP contribution in [0.2, 0.25) is 0 Å². The molecule has 1 unspecified atom stereocenters. The summed E-state index contributed by atoms with van der Waals surface area (Å²) in [6, 6.07) is 0. The Kier molecular flexibility index (Phi) is 11.3. The number of aliphatic hydroxyl groups excluding tert-OH is 2. The maximum absolute atomic E-state index is 11.5. The number of ether oxygens (including phenoxy) is 4. The van der Waals surface area contributed by atoms with Gasteiger partial charge in [0.05, 0.1) is 0 Å². The molecule has 0 spiro atoms. The normalized spacial score (nSPS) is 11.3. The van der Waals surface area contributed by atoms with Crippen LogP contribution in [0.5, 0.6) is 0 Å². The third kappa shape index (κ3) is 10.7. The van der Waals surface area contributed by atoms with E-state index in [9.17, 15) is 24.3 Å². The Morgan fingerprint density at radius 1 is 0.815 bits per heavy atom. The Hall–Kier alpha value is -2.76. The topological polar surface area (TPSA) is 149 Å². The monoisotopic (exact) mass is 389 g/mol. The molecule has 0 saturated heterocycles. The van der Waals surface area contributed by atoms with Crippen molar-refractivity contribution in [3.8, 4) is 0 Å². The molecule has 0 radical (unpaired) electrons. The van der Waals surface area contributed by atoms with Crippen LogP contribution in [0.4, 0.5) is 0 Å². The fraction of sp³-hybridized carbons (Fsp3) is 0.500. The molecule has 2 N–H and O–H groups in total. The summed E-state index contributed by atoms with van der Waals surface area (Å²) < 4.78 is 18.4. The summed E-state index contributed by atoms with van der Waals surface area (Å²) in [5.74, 6) is -4.24. The molecule has 0 aliphatic carbocycles. The lowest BCUT2D eigenvalue weighted by Gasteiger charge is -2.18. The van der Waals surface area contributed by atoms with Crippen LogP contribution in [0.3, 0.4) is 0 Å². The molecule has 27 heavy (non-hydrogen) atoms. The minimum absolute atomic E-state index is 0.130. The first kappa shape index (κ1) is 24.2. The van der Waals surface area contributed by atoms with E-state index in [-0.39, 0.29) is 11.1 Å². The molecule has 0 aliphatic rings. The van der Waals surface area contributed by atoms with Gasteiger partial charge in [0, 0.05) is 11.1 Å². The van der Waals surface area contributed by atoms with Crippen LogP contribution in [0.15, 0.2) is 24.3 Å². The summed E-state index contributed by atoms with van der Waals surface area (Å²) in [6.07, 6.45) is -1.35. The third-order valence-electron chi connectivity index (χ3n) is 2.63. The summed E-state index contributed by atoms with van der Waals surface area (Å²) in [5.41, 5.74) is 0.270. The molecular weight excluding hydrogens is 366 g/mol. The SMILES string of the molecule is C=C(C)C(=O)OCC(O)COC(=O)C(=O)OCN(CO)COC(=O)C(=C)C. The van der Waals surface area contributed by atoms with Crippen molar-refractivity contribution in [1.29, 1.82) is 0 Å². The largest absolute Gasteiger partial charge is 0.459 e. The van der Waals surface area contributed by atoms with Gasteiger partial charge >= 0.3 is 23.9 Å². The average molecular weight is 389 g/mol. The van der Waals surface area contributed by atoms with Crippen molar-refractivity contribution in [2.75, 3.05) is 33.4 Å². The van der Waals surface area contributed by atoms with Gasteiger partial charge in [0.1, 0.15) is 39.5 Å². The van der Waals surface area contributed by atoms with E-state index in [2.05, 4.69) is 27.4 Å². The van der Waals surface area contributed by atoms with Gasteiger partial charge < -0.3 is 29.2 Å². The summed E-state index contributed by atoms with van der Waals surface area (Å²) >= 11 is 0. The third-order valence-corrected chi connectivity index (χ3v) is 2.63. The zero-order valence-corrected chi connectivity index (χ0v) is 15.1. The summed E-state index contributed by atoms with van der Waals surface area (Å²) in [4.78, 5) is 46.2. The molecule has 0 aromatic carbocycles. The number of aliphatic hydroxyl groups is 2. The number of rotatable bonds is 11. The lowest BCUT2D eigenvalue weighted by molar-refractivity contribution is -0.176. The molecule has 0 fully saturated rings. The fourth-order valence-electron chi connectivity index (χ4n) is 1.17. The van der Waals surface area contributed by atoms with Crippen LogP contribution >= 0.6 is 0 Å². The smallest absolute Gasteiger partial charge is 0.418 e. The molecule has 0 amide bonds. The zero-order chi connectivity index (χ0) is 21.0. The maximum Gasteiger partial charge on any atom is 0.418 e. The lowest BCUT2D eigenvalue weighted by Crippen LogP contribution is -2.35. The quantitative estimate of drug-likeness (QED) is 0.145. The van der Waals surface area contributed by atoms with E-state index in [0.717, 1.165) is 4.90 Å². The van der Waals surface area contributed by atoms with Crippen LogP contribution in [-0.4, -0.2) is 78.5 Å².